The van der Waals surface area contributed by atoms with Crippen LogP contribution in [0.4, 0.5) is 4.39 Å². The Labute approximate surface area is 184 Å². The number of aromatic nitrogens is 3. The van der Waals surface area contributed by atoms with Crippen LogP contribution in [0.1, 0.15) is 41.0 Å². The number of rotatable bonds is 4. The molecule has 7 heteroatoms. The van der Waals surface area contributed by atoms with Crippen LogP contribution in [-0.4, -0.2) is 30.7 Å². The average Bonchev–Trinajstić information content (AvgIpc) is 3.28. The Morgan fingerprint density at radius 3 is 2.72 bits per heavy atom. The van der Waals surface area contributed by atoms with Gasteiger partial charge in [-0.05, 0) is 37.1 Å². The Morgan fingerprint density at radius 1 is 1.19 bits per heavy atom. The zero-order chi connectivity index (χ0) is 22.6. The minimum atomic E-state index is -1.05. The number of hydrogen-bond acceptors (Lipinski definition) is 4. The second-order valence-corrected chi connectivity index (χ2v) is 8.76. The molecule has 0 saturated carbocycles. The highest BCUT2D eigenvalue weighted by molar-refractivity contribution is 5.97. The van der Waals surface area contributed by atoms with Crippen LogP contribution in [0.15, 0.2) is 54.9 Å². The molecular weight excluding hydrogens is 407 g/mol. The molecule has 0 atom stereocenters. The predicted molar refractivity (Wildman–Crippen MR) is 119 cm³/mol. The monoisotopic (exact) mass is 430 g/mol. The predicted octanol–water partition coefficient (Wildman–Crippen LogP) is 4.16. The van der Waals surface area contributed by atoms with Gasteiger partial charge in [-0.25, -0.2) is 4.39 Å². The van der Waals surface area contributed by atoms with Gasteiger partial charge in [-0.1, -0.05) is 30.3 Å². The Morgan fingerprint density at radius 2 is 2.00 bits per heavy atom. The van der Waals surface area contributed by atoms with Crippen molar-refractivity contribution in [2.45, 2.75) is 32.5 Å². The molecule has 0 aliphatic carbocycles. The zero-order valence-corrected chi connectivity index (χ0v) is 18.1. The minimum absolute atomic E-state index is 0.177. The topological polar surface area (TPSA) is 71.2 Å². The molecule has 162 valence electrons. The zero-order valence-electron chi connectivity index (χ0n) is 18.1. The molecule has 2 aromatic carbocycles. The molecular formula is C25H23FN4O2. The first-order valence-electron chi connectivity index (χ1n) is 10.4. The van der Waals surface area contributed by atoms with Crippen LogP contribution < -0.4 is 0 Å². The van der Waals surface area contributed by atoms with E-state index in [0.29, 0.717) is 28.9 Å². The molecule has 6 nitrogen and oxygen atoms in total. The molecule has 32 heavy (non-hydrogen) atoms. The van der Waals surface area contributed by atoms with Crippen molar-refractivity contribution >= 4 is 16.8 Å². The van der Waals surface area contributed by atoms with Crippen LogP contribution in [0.3, 0.4) is 0 Å². The number of nitrogens with zero attached hydrogens (tertiary/aromatic N) is 4. The molecule has 2 aromatic heterocycles. The van der Waals surface area contributed by atoms with E-state index >= 15 is 4.39 Å². The third-order valence-electron chi connectivity index (χ3n) is 5.92. The maximum absolute atomic E-state index is 15.1. The highest BCUT2D eigenvalue weighted by Crippen LogP contribution is 2.35. The fraction of sp³-hybridized carbons (Fsp3) is 0.240. The molecule has 1 aliphatic rings. The van der Waals surface area contributed by atoms with Crippen LogP contribution in [0, 0.1) is 5.82 Å². The Kier molecular flexibility index (Phi) is 4.60. The van der Waals surface area contributed by atoms with Gasteiger partial charge in [0.25, 0.3) is 5.91 Å². The fourth-order valence-electron chi connectivity index (χ4n) is 4.33. The van der Waals surface area contributed by atoms with Crippen molar-refractivity contribution in [2.75, 3.05) is 0 Å². The first-order chi connectivity index (χ1) is 15.2. The van der Waals surface area contributed by atoms with E-state index in [-0.39, 0.29) is 18.3 Å². The summed E-state index contributed by atoms with van der Waals surface area (Å²) < 4.78 is 16.8. The Bertz CT molecular complexity index is 1370. The summed E-state index contributed by atoms with van der Waals surface area (Å²) in [5.74, 6) is -0.550. The van der Waals surface area contributed by atoms with E-state index < -0.39 is 5.60 Å². The molecule has 0 saturated heterocycles. The third-order valence-corrected chi connectivity index (χ3v) is 5.92. The lowest BCUT2D eigenvalue weighted by Crippen LogP contribution is -2.24. The van der Waals surface area contributed by atoms with E-state index in [1.807, 2.05) is 37.5 Å². The van der Waals surface area contributed by atoms with Gasteiger partial charge in [0.2, 0.25) is 0 Å². The van der Waals surface area contributed by atoms with Crippen LogP contribution >= 0.6 is 0 Å². The van der Waals surface area contributed by atoms with Crippen LogP contribution in [0.5, 0.6) is 0 Å². The molecule has 0 unspecified atom stereocenters. The van der Waals surface area contributed by atoms with Gasteiger partial charge in [-0.15, -0.1) is 0 Å². The summed E-state index contributed by atoms with van der Waals surface area (Å²) in [6.45, 7) is 4.05. The fourth-order valence-corrected chi connectivity index (χ4v) is 4.33. The van der Waals surface area contributed by atoms with Gasteiger partial charge < -0.3 is 10.0 Å². The van der Waals surface area contributed by atoms with Gasteiger partial charge >= 0.3 is 0 Å². The molecule has 1 N–H and O–H groups in total. The van der Waals surface area contributed by atoms with Crippen LogP contribution in [-0.2, 0) is 25.7 Å². The second kappa shape index (κ2) is 7.24. The smallest absolute Gasteiger partial charge is 0.273 e. The lowest BCUT2D eigenvalue weighted by atomic mass is 9.92. The van der Waals surface area contributed by atoms with Crippen molar-refractivity contribution in [3.05, 3.63) is 83.1 Å². The van der Waals surface area contributed by atoms with Gasteiger partial charge in [0.15, 0.2) is 0 Å². The number of carbonyl (C=O) groups excluding carboxylic acids is 1. The number of carbonyl (C=O) groups is 1. The highest BCUT2D eigenvalue weighted by Gasteiger charge is 2.29. The molecule has 0 radical (unpaired) electrons. The van der Waals surface area contributed by atoms with Crippen molar-refractivity contribution in [2.24, 2.45) is 7.05 Å². The number of amides is 1. The third kappa shape index (κ3) is 3.35. The van der Waals surface area contributed by atoms with Crippen LogP contribution in [0.2, 0.25) is 0 Å². The largest absolute Gasteiger partial charge is 0.386 e. The summed E-state index contributed by atoms with van der Waals surface area (Å²) >= 11 is 0. The molecule has 5 rings (SSSR count). The number of aliphatic hydroxyl groups is 1. The quantitative estimate of drug-likeness (QED) is 0.528. The Hall–Kier alpha value is -3.58. The standard InChI is InChI=1S/C25H23FN4O2/c1-25(2,32)20-9-8-18(19-14-29(3)28-23(19)20)15-6-7-16(21(26)11-15)12-30-13-17-5-4-10-27-22(17)24(30)31/h4-11,14,32H,12-13H2,1-3H3. The van der Waals surface area contributed by atoms with Crippen molar-refractivity contribution in [3.63, 3.8) is 0 Å². The summed E-state index contributed by atoms with van der Waals surface area (Å²) in [6.07, 6.45) is 3.47. The van der Waals surface area contributed by atoms with Gasteiger partial charge in [0.1, 0.15) is 11.5 Å². The van der Waals surface area contributed by atoms with E-state index in [1.165, 1.54) is 6.07 Å². The SMILES string of the molecule is Cn1cc2c(-c3ccc(CN4Cc5cccnc5C4=O)c(F)c3)ccc(C(C)(C)O)c2n1. The lowest BCUT2D eigenvalue weighted by molar-refractivity contribution is 0.0760. The van der Waals surface area contributed by atoms with Crippen molar-refractivity contribution in [1.82, 2.24) is 19.7 Å². The van der Waals surface area contributed by atoms with Crippen molar-refractivity contribution in [1.29, 1.82) is 0 Å². The number of hydrogen-bond donors (Lipinski definition) is 1. The van der Waals surface area contributed by atoms with E-state index in [0.717, 1.165) is 22.1 Å². The maximum atomic E-state index is 15.1. The van der Waals surface area contributed by atoms with E-state index in [9.17, 15) is 9.90 Å². The van der Waals surface area contributed by atoms with Gasteiger partial charge in [0, 0.05) is 54.6 Å². The normalized spacial score (nSPS) is 13.8. The molecule has 0 bridgehead atoms. The average molecular weight is 430 g/mol. The van der Waals surface area contributed by atoms with E-state index in [1.54, 1.807) is 41.8 Å². The van der Waals surface area contributed by atoms with Crippen molar-refractivity contribution in [3.8, 4) is 11.1 Å². The number of aryl methyl sites for hydroxylation is 1. The first kappa shape index (κ1) is 20.3. The summed E-state index contributed by atoms with van der Waals surface area (Å²) in [6, 6.07) is 12.5. The number of halogens is 1. The molecule has 1 amide bonds. The molecule has 3 heterocycles. The minimum Gasteiger partial charge on any atom is -0.386 e. The second-order valence-electron chi connectivity index (χ2n) is 8.76. The summed E-state index contributed by atoms with van der Waals surface area (Å²) in [7, 11) is 1.82. The van der Waals surface area contributed by atoms with Crippen LogP contribution in [0.25, 0.3) is 22.0 Å². The lowest BCUT2D eigenvalue weighted by Gasteiger charge is -2.19. The summed E-state index contributed by atoms with van der Waals surface area (Å²) in [5.41, 5.74) is 3.66. The maximum Gasteiger partial charge on any atom is 0.273 e. The Balaban J connectivity index is 1.48. The first-order valence-corrected chi connectivity index (χ1v) is 10.4. The molecule has 1 aliphatic heterocycles. The summed E-state index contributed by atoms with van der Waals surface area (Å²) in [4.78, 5) is 18.3. The van der Waals surface area contributed by atoms with Gasteiger partial charge in [0.05, 0.1) is 11.1 Å². The van der Waals surface area contributed by atoms with Crippen molar-refractivity contribution < 1.29 is 14.3 Å². The number of pyridine rings is 1. The molecule has 0 spiro atoms. The van der Waals surface area contributed by atoms with Gasteiger partial charge in [-0.3, -0.25) is 14.5 Å². The number of benzene rings is 2. The summed E-state index contributed by atoms with van der Waals surface area (Å²) in [5, 5.41) is 15.9. The van der Waals surface area contributed by atoms with Gasteiger partial charge in [-0.2, -0.15) is 5.10 Å². The highest BCUT2D eigenvalue weighted by atomic mass is 19.1. The molecule has 0 fully saturated rings. The number of fused-ring (bicyclic) bond motifs is 2. The van der Waals surface area contributed by atoms with E-state index in [2.05, 4.69) is 10.1 Å². The van der Waals surface area contributed by atoms with E-state index in [4.69, 9.17) is 0 Å². The molecule has 4 aromatic rings.